The minimum absolute atomic E-state index is 0.467. The molecule has 0 amide bonds. The highest BCUT2D eigenvalue weighted by atomic mass is 35.5. The first-order chi connectivity index (χ1) is 8.71. The molecule has 1 aromatic rings. The molecule has 0 radical (unpaired) electrons. The number of halogens is 1. The van der Waals surface area contributed by atoms with E-state index in [9.17, 15) is 0 Å². The third-order valence-electron chi connectivity index (χ3n) is 2.33. The third-order valence-corrected chi connectivity index (χ3v) is 2.70. The van der Waals surface area contributed by atoms with Gasteiger partial charge in [0.05, 0.1) is 6.61 Å². The molecule has 0 atom stereocenters. The molecule has 4 heteroatoms. The Morgan fingerprint density at radius 2 is 2.11 bits per heavy atom. The first-order valence-electron chi connectivity index (χ1n) is 6.00. The molecule has 1 N–H and O–H groups in total. The fourth-order valence-corrected chi connectivity index (χ4v) is 1.54. The monoisotopic (exact) mass is 269 g/mol. The topological polar surface area (TPSA) is 30.5 Å². The van der Waals surface area contributed by atoms with Crippen LogP contribution >= 0.6 is 11.6 Å². The van der Waals surface area contributed by atoms with E-state index in [1.165, 1.54) is 5.54 Å². The Balaban J connectivity index is 2.82. The van der Waals surface area contributed by atoms with E-state index in [1.807, 2.05) is 39.1 Å². The van der Waals surface area contributed by atoms with Gasteiger partial charge < -0.3 is 14.8 Å². The molecule has 0 unspecified atom stereocenters. The van der Waals surface area contributed by atoms with Crippen LogP contribution in [-0.2, 0) is 6.54 Å². The summed E-state index contributed by atoms with van der Waals surface area (Å²) in [4.78, 5) is 0. The van der Waals surface area contributed by atoms with Crippen LogP contribution in [0.1, 0.15) is 19.4 Å². The van der Waals surface area contributed by atoms with Gasteiger partial charge in [0.15, 0.2) is 11.5 Å². The Kier molecular flexibility index (Phi) is 6.61. The molecule has 0 aromatic heterocycles. The number of rotatable bonds is 7. The van der Waals surface area contributed by atoms with Crippen LogP contribution in [0.2, 0.25) is 0 Å². The molecular formula is C14H20ClNO2. The van der Waals surface area contributed by atoms with E-state index in [0.29, 0.717) is 13.2 Å². The summed E-state index contributed by atoms with van der Waals surface area (Å²) >= 11 is 5.60. The molecule has 1 rings (SSSR count). The van der Waals surface area contributed by atoms with Crippen LogP contribution in [0.3, 0.4) is 0 Å². The summed E-state index contributed by atoms with van der Waals surface area (Å²) in [5.74, 6) is 1.52. The van der Waals surface area contributed by atoms with E-state index in [4.69, 9.17) is 21.1 Å². The van der Waals surface area contributed by atoms with Crippen molar-refractivity contribution in [3.8, 4) is 11.5 Å². The second kappa shape index (κ2) is 8.01. The zero-order valence-electron chi connectivity index (χ0n) is 11.1. The quantitative estimate of drug-likeness (QED) is 0.824. The SMILES string of the molecule is CCOc1cc(CNC)ccc1OC/C(C)=C/Cl. The molecule has 0 saturated carbocycles. The van der Waals surface area contributed by atoms with E-state index < -0.39 is 0 Å². The van der Waals surface area contributed by atoms with Crippen LogP contribution in [0, 0.1) is 0 Å². The lowest BCUT2D eigenvalue weighted by molar-refractivity contribution is 0.292. The molecule has 0 aliphatic carbocycles. The normalized spacial score (nSPS) is 11.4. The van der Waals surface area contributed by atoms with Gasteiger partial charge in [-0.1, -0.05) is 17.7 Å². The van der Waals surface area contributed by atoms with Gasteiger partial charge in [0, 0.05) is 12.1 Å². The molecule has 1 aromatic carbocycles. The maximum Gasteiger partial charge on any atom is 0.161 e. The largest absolute Gasteiger partial charge is 0.490 e. The summed E-state index contributed by atoms with van der Waals surface area (Å²) in [5, 5.41) is 3.11. The number of nitrogens with one attached hydrogen (secondary N) is 1. The zero-order valence-corrected chi connectivity index (χ0v) is 11.9. The maximum absolute atomic E-state index is 5.68. The minimum atomic E-state index is 0.467. The van der Waals surface area contributed by atoms with Crippen molar-refractivity contribution in [2.45, 2.75) is 20.4 Å². The predicted octanol–water partition coefficient (Wildman–Crippen LogP) is 3.33. The highest BCUT2D eigenvalue weighted by Gasteiger charge is 2.06. The third kappa shape index (κ3) is 4.59. The summed E-state index contributed by atoms with van der Waals surface area (Å²) < 4.78 is 11.3. The van der Waals surface area contributed by atoms with Crippen molar-refractivity contribution in [2.75, 3.05) is 20.3 Å². The van der Waals surface area contributed by atoms with E-state index in [1.54, 1.807) is 0 Å². The number of benzene rings is 1. The number of ether oxygens (including phenoxy) is 2. The average Bonchev–Trinajstić information content (AvgIpc) is 2.38. The molecule has 0 bridgehead atoms. The summed E-state index contributed by atoms with van der Waals surface area (Å²) in [6.45, 7) is 5.76. The van der Waals surface area contributed by atoms with Crippen molar-refractivity contribution < 1.29 is 9.47 Å². The molecule has 0 aliphatic heterocycles. The van der Waals surface area contributed by atoms with Gasteiger partial charge in [-0.3, -0.25) is 0 Å². The Bertz CT molecular complexity index is 405. The van der Waals surface area contributed by atoms with Gasteiger partial charge in [-0.2, -0.15) is 0 Å². The van der Waals surface area contributed by atoms with Crippen LogP contribution in [0.5, 0.6) is 11.5 Å². The molecule has 0 fully saturated rings. The van der Waals surface area contributed by atoms with Gasteiger partial charge in [0.2, 0.25) is 0 Å². The first-order valence-corrected chi connectivity index (χ1v) is 6.43. The Hall–Kier alpha value is -1.19. The van der Waals surface area contributed by atoms with Gasteiger partial charge in [-0.05, 0) is 44.2 Å². The van der Waals surface area contributed by atoms with Crippen molar-refractivity contribution in [3.05, 3.63) is 34.9 Å². The van der Waals surface area contributed by atoms with E-state index in [0.717, 1.165) is 29.2 Å². The van der Waals surface area contributed by atoms with Gasteiger partial charge in [-0.15, -0.1) is 0 Å². The minimum Gasteiger partial charge on any atom is -0.490 e. The van der Waals surface area contributed by atoms with E-state index in [-0.39, 0.29) is 0 Å². The Morgan fingerprint density at radius 3 is 2.72 bits per heavy atom. The number of hydrogen-bond acceptors (Lipinski definition) is 3. The lowest BCUT2D eigenvalue weighted by Crippen LogP contribution is -2.06. The Labute approximate surface area is 114 Å². The van der Waals surface area contributed by atoms with Gasteiger partial charge >= 0.3 is 0 Å². The van der Waals surface area contributed by atoms with Crippen LogP contribution in [-0.4, -0.2) is 20.3 Å². The Morgan fingerprint density at radius 1 is 1.33 bits per heavy atom. The highest BCUT2D eigenvalue weighted by molar-refractivity contribution is 6.25. The second-order valence-electron chi connectivity index (χ2n) is 3.99. The van der Waals surface area contributed by atoms with Crippen LogP contribution in [0.25, 0.3) is 0 Å². The average molecular weight is 270 g/mol. The van der Waals surface area contributed by atoms with Crippen molar-refractivity contribution in [1.29, 1.82) is 0 Å². The van der Waals surface area contributed by atoms with Crippen molar-refractivity contribution in [3.63, 3.8) is 0 Å². The molecule has 18 heavy (non-hydrogen) atoms. The molecule has 3 nitrogen and oxygen atoms in total. The summed E-state index contributed by atoms with van der Waals surface area (Å²) in [6, 6.07) is 5.95. The predicted molar refractivity (Wildman–Crippen MR) is 75.5 cm³/mol. The van der Waals surface area contributed by atoms with Gasteiger partial charge in [0.25, 0.3) is 0 Å². The fourth-order valence-electron chi connectivity index (χ4n) is 1.48. The standard InChI is InChI=1S/C14H20ClNO2/c1-4-17-14-7-12(9-16-3)5-6-13(14)18-10-11(2)8-15/h5-8,16H,4,9-10H2,1-3H3/b11-8+. The lowest BCUT2D eigenvalue weighted by Gasteiger charge is -2.13. The molecule has 0 saturated heterocycles. The molecule has 0 spiro atoms. The van der Waals surface area contributed by atoms with Crippen LogP contribution in [0.15, 0.2) is 29.3 Å². The zero-order chi connectivity index (χ0) is 13.4. The summed E-state index contributed by atoms with van der Waals surface area (Å²) in [5.41, 5.74) is 3.66. The fraction of sp³-hybridized carbons (Fsp3) is 0.429. The molecule has 0 heterocycles. The summed E-state index contributed by atoms with van der Waals surface area (Å²) in [6.07, 6.45) is 0. The molecule has 100 valence electrons. The second-order valence-corrected chi connectivity index (χ2v) is 4.21. The van der Waals surface area contributed by atoms with Crippen LogP contribution in [0.4, 0.5) is 0 Å². The van der Waals surface area contributed by atoms with E-state index in [2.05, 4.69) is 5.32 Å². The molecule has 0 aliphatic rings. The van der Waals surface area contributed by atoms with Gasteiger partial charge in [0.1, 0.15) is 6.61 Å². The lowest BCUT2D eigenvalue weighted by atomic mass is 10.2. The highest BCUT2D eigenvalue weighted by Crippen LogP contribution is 2.28. The first kappa shape index (κ1) is 14.9. The van der Waals surface area contributed by atoms with Gasteiger partial charge in [-0.25, -0.2) is 0 Å². The van der Waals surface area contributed by atoms with Crippen molar-refractivity contribution in [2.24, 2.45) is 0 Å². The maximum atomic E-state index is 5.68. The van der Waals surface area contributed by atoms with Crippen molar-refractivity contribution in [1.82, 2.24) is 5.32 Å². The smallest absolute Gasteiger partial charge is 0.161 e. The molecular weight excluding hydrogens is 250 g/mol. The van der Waals surface area contributed by atoms with Crippen molar-refractivity contribution >= 4 is 11.6 Å². The summed E-state index contributed by atoms with van der Waals surface area (Å²) in [7, 11) is 1.92. The van der Waals surface area contributed by atoms with E-state index >= 15 is 0 Å². The number of hydrogen-bond donors (Lipinski definition) is 1. The van der Waals surface area contributed by atoms with Crippen LogP contribution < -0.4 is 14.8 Å².